The molecule has 0 radical (unpaired) electrons. The number of fused-ring (bicyclic) bond motifs is 1. The maximum absolute atomic E-state index is 12.6. The second-order valence-corrected chi connectivity index (χ2v) is 6.74. The molecule has 0 saturated heterocycles. The highest BCUT2D eigenvalue weighted by molar-refractivity contribution is 7.89. The van der Waals surface area contributed by atoms with Crippen LogP contribution in [0.3, 0.4) is 0 Å². The molecule has 1 aliphatic heterocycles. The zero-order valence-electron chi connectivity index (χ0n) is 11.0. The van der Waals surface area contributed by atoms with Crippen LogP contribution in [0.2, 0.25) is 0 Å². The average molecular weight is 293 g/mol. The van der Waals surface area contributed by atoms with Crippen molar-refractivity contribution in [1.29, 1.82) is 0 Å². The monoisotopic (exact) mass is 293 g/mol. The molecule has 106 valence electrons. The first-order chi connectivity index (χ1) is 9.48. The van der Waals surface area contributed by atoms with Crippen LogP contribution in [0.25, 0.3) is 0 Å². The van der Waals surface area contributed by atoms with Crippen LogP contribution in [-0.2, 0) is 23.1 Å². The first-order valence-electron chi connectivity index (χ1n) is 6.21. The average Bonchev–Trinajstić information content (AvgIpc) is 2.89. The van der Waals surface area contributed by atoms with E-state index in [9.17, 15) is 8.42 Å². The first-order valence-corrected chi connectivity index (χ1v) is 7.65. The molecule has 2 N–H and O–H groups in total. The van der Waals surface area contributed by atoms with Gasteiger partial charge in [0.25, 0.3) is 0 Å². The van der Waals surface area contributed by atoms with Gasteiger partial charge in [-0.25, -0.2) is 8.42 Å². The summed E-state index contributed by atoms with van der Waals surface area (Å²) in [4.78, 5) is 0.216. The molecule has 3 rings (SSSR count). The van der Waals surface area contributed by atoms with E-state index in [1.54, 1.807) is 18.5 Å². The molecule has 20 heavy (non-hydrogen) atoms. The quantitative estimate of drug-likeness (QED) is 0.807. The van der Waals surface area contributed by atoms with Gasteiger partial charge in [-0.05, 0) is 24.6 Å². The molecule has 0 fully saturated rings. The standard InChI is InChI=1S/C12H15N5O2S/c1-9-2-3-10(6-11(9)13)20(18,19)17-5-4-16-8-14-15-12(16)7-17/h2-3,6,8H,4-5,7,13H2,1H3. The van der Waals surface area contributed by atoms with Crippen LogP contribution in [0.1, 0.15) is 11.4 Å². The highest BCUT2D eigenvalue weighted by atomic mass is 32.2. The maximum atomic E-state index is 12.6. The molecule has 0 bridgehead atoms. The highest BCUT2D eigenvalue weighted by Crippen LogP contribution is 2.23. The maximum Gasteiger partial charge on any atom is 0.243 e. The summed E-state index contributed by atoms with van der Waals surface area (Å²) in [5.41, 5.74) is 7.14. The predicted octanol–water partition coefficient (Wildman–Crippen LogP) is 0.373. The number of rotatable bonds is 2. The van der Waals surface area contributed by atoms with Gasteiger partial charge in [-0.3, -0.25) is 0 Å². The normalized spacial score (nSPS) is 16.1. The van der Waals surface area contributed by atoms with E-state index >= 15 is 0 Å². The van der Waals surface area contributed by atoms with Gasteiger partial charge in [0.1, 0.15) is 12.2 Å². The number of nitrogen functional groups attached to an aromatic ring is 1. The summed E-state index contributed by atoms with van der Waals surface area (Å²) in [5.74, 6) is 0.653. The van der Waals surface area contributed by atoms with Crippen molar-refractivity contribution >= 4 is 15.7 Å². The summed E-state index contributed by atoms with van der Waals surface area (Å²) >= 11 is 0. The Morgan fingerprint density at radius 3 is 2.85 bits per heavy atom. The zero-order valence-corrected chi connectivity index (χ0v) is 11.8. The lowest BCUT2D eigenvalue weighted by molar-refractivity contribution is 0.335. The number of aromatic nitrogens is 3. The van der Waals surface area contributed by atoms with Gasteiger partial charge in [-0.15, -0.1) is 10.2 Å². The van der Waals surface area contributed by atoms with Crippen molar-refractivity contribution < 1.29 is 8.42 Å². The van der Waals surface area contributed by atoms with E-state index in [1.807, 2.05) is 11.5 Å². The molecule has 1 aromatic carbocycles. The van der Waals surface area contributed by atoms with Gasteiger partial charge in [0, 0.05) is 18.8 Å². The van der Waals surface area contributed by atoms with E-state index in [-0.39, 0.29) is 11.4 Å². The molecule has 1 aliphatic rings. The van der Waals surface area contributed by atoms with Crippen LogP contribution in [0.15, 0.2) is 29.4 Å². The zero-order chi connectivity index (χ0) is 14.3. The molecule has 0 amide bonds. The van der Waals surface area contributed by atoms with Crippen LogP contribution >= 0.6 is 0 Å². The number of aryl methyl sites for hydroxylation is 1. The Morgan fingerprint density at radius 1 is 1.30 bits per heavy atom. The molecule has 0 aliphatic carbocycles. The second-order valence-electron chi connectivity index (χ2n) is 4.80. The van der Waals surface area contributed by atoms with Crippen LogP contribution in [-0.4, -0.2) is 34.0 Å². The van der Waals surface area contributed by atoms with Gasteiger partial charge in [0.15, 0.2) is 0 Å². The number of hydrogen-bond acceptors (Lipinski definition) is 5. The molecule has 0 spiro atoms. The smallest absolute Gasteiger partial charge is 0.243 e. The molecule has 0 saturated carbocycles. The molecule has 7 nitrogen and oxygen atoms in total. The SMILES string of the molecule is Cc1ccc(S(=O)(=O)N2CCn3cnnc3C2)cc1N. The third-order valence-electron chi connectivity index (χ3n) is 3.49. The fourth-order valence-corrected chi connectivity index (χ4v) is 3.60. The third-order valence-corrected chi connectivity index (χ3v) is 5.33. The van der Waals surface area contributed by atoms with Gasteiger partial charge in [-0.1, -0.05) is 6.07 Å². The molecule has 0 atom stereocenters. The lowest BCUT2D eigenvalue weighted by atomic mass is 10.2. The van der Waals surface area contributed by atoms with E-state index in [4.69, 9.17) is 5.73 Å². The number of hydrogen-bond donors (Lipinski definition) is 1. The number of nitrogens with two attached hydrogens (primary N) is 1. The second kappa shape index (κ2) is 4.57. The van der Waals surface area contributed by atoms with Gasteiger partial charge < -0.3 is 10.3 Å². The fraction of sp³-hybridized carbons (Fsp3) is 0.333. The summed E-state index contributed by atoms with van der Waals surface area (Å²) in [7, 11) is -3.55. The van der Waals surface area contributed by atoms with Crippen molar-refractivity contribution in [3.63, 3.8) is 0 Å². The van der Waals surface area contributed by atoms with E-state index in [2.05, 4.69) is 10.2 Å². The van der Waals surface area contributed by atoms with Gasteiger partial charge in [0.2, 0.25) is 10.0 Å². The Labute approximate surface area is 117 Å². The minimum absolute atomic E-state index is 0.216. The molecule has 1 aromatic heterocycles. The number of nitrogens with zero attached hydrogens (tertiary/aromatic N) is 4. The Balaban J connectivity index is 1.95. The van der Waals surface area contributed by atoms with Gasteiger partial charge in [0.05, 0.1) is 11.4 Å². The number of sulfonamides is 1. The van der Waals surface area contributed by atoms with Gasteiger partial charge >= 0.3 is 0 Å². The summed E-state index contributed by atoms with van der Waals surface area (Å²) in [5, 5.41) is 7.72. The first kappa shape index (κ1) is 13.1. The van der Waals surface area contributed by atoms with Crippen LogP contribution in [0.5, 0.6) is 0 Å². The Kier molecular flexibility index (Phi) is 2.98. The molecule has 2 heterocycles. The summed E-state index contributed by atoms with van der Waals surface area (Å²) in [6, 6.07) is 4.80. The Hall–Kier alpha value is -1.93. The fourth-order valence-electron chi connectivity index (χ4n) is 2.18. The van der Waals surface area contributed by atoms with E-state index in [0.29, 0.717) is 24.6 Å². The van der Waals surface area contributed by atoms with Crippen molar-refractivity contribution in [2.75, 3.05) is 12.3 Å². The summed E-state index contributed by atoms with van der Waals surface area (Å²) in [6.45, 7) is 3.04. The topological polar surface area (TPSA) is 94.1 Å². The minimum Gasteiger partial charge on any atom is -0.398 e. The van der Waals surface area contributed by atoms with Crippen molar-refractivity contribution in [3.05, 3.63) is 35.9 Å². The lowest BCUT2D eigenvalue weighted by Gasteiger charge is -2.26. The molecule has 2 aromatic rings. The molecule has 8 heteroatoms. The molecule has 0 unspecified atom stereocenters. The third kappa shape index (κ3) is 2.06. The van der Waals surface area contributed by atoms with Crippen molar-refractivity contribution in [2.45, 2.75) is 24.9 Å². The number of anilines is 1. The lowest BCUT2D eigenvalue weighted by Crippen LogP contribution is -2.38. The van der Waals surface area contributed by atoms with Gasteiger partial charge in [-0.2, -0.15) is 4.31 Å². The largest absolute Gasteiger partial charge is 0.398 e. The van der Waals surface area contributed by atoms with Crippen molar-refractivity contribution in [2.24, 2.45) is 0 Å². The highest BCUT2D eigenvalue weighted by Gasteiger charge is 2.29. The van der Waals surface area contributed by atoms with E-state index in [0.717, 1.165) is 5.56 Å². The van der Waals surface area contributed by atoms with Crippen molar-refractivity contribution in [3.8, 4) is 0 Å². The molecular weight excluding hydrogens is 278 g/mol. The van der Waals surface area contributed by atoms with Crippen molar-refractivity contribution in [1.82, 2.24) is 19.1 Å². The van der Waals surface area contributed by atoms with Crippen LogP contribution in [0.4, 0.5) is 5.69 Å². The van der Waals surface area contributed by atoms with E-state index < -0.39 is 10.0 Å². The predicted molar refractivity (Wildman–Crippen MR) is 73.2 cm³/mol. The number of benzene rings is 1. The Bertz CT molecular complexity index is 753. The molecular formula is C12H15N5O2S. The van der Waals surface area contributed by atoms with E-state index in [1.165, 1.54) is 10.4 Å². The Morgan fingerprint density at radius 2 is 2.10 bits per heavy atom. The summed E-state index contributed by atoms with van der Waals surface area (Å²) < 4.78 is 28.5. The minimum atomic E-state index is -3.55. The summed E-state index contributed by atoms with van der Waals surface area (Å²) in [6.07, 6.45) is 1.61. The van der Waals surface area contributed by atoms with Crippen LogP contribution < -0.4 is 5.73 Å². The van der Waals surface area contributed by atoms with Crippen LogP contribution in [0, 0.1) is 6.92 Å².